The van der Waals surface area contributed by atoms with Crippen molar-refractivity contribution in [1.82, 2.24) is 20.2 Å². The predicted molar refractivity (Wildman–Crippen MR) is 98.6 cm³/mol. The number of nitrogens with zero attached hydrogens (tertiary/aromatic N) is 3. The number of ether oxygens (including phenoxy) is 1. The highest BCUT2D eigenvalue weighted by molar-refractivity contribution is 5.92. The Bertz CT molecular complexity index is 729. The number of likely N-dealkylation sites (N-methyl/N-ethyl adjacent to an activating group) is 1. The van der Waals surface area contributed by atoms with E-state index in [1.807, 2.05) is 19.0 Å². The number of benzene rings is 1. The monoisotopic (exact) mass is 357 g/mol. The highest BCUT2D eigenvalue weighted by Gasteiger charge is 2.09. The Balaban J connectivity index is 1.92. The van der Waals surface area contributed by atoms with E-state index in [2.05, 4.69) is 20.6 Å². The Morgan fingerprint density at radius 3 is 2.42 bits per heavy atom. The zero-order valence-corrected chi connectivity index (χ0v) is 15.2. The molecule has 0 aliphatic carbocycles. The summed E-state index contributed by atoms with van der Waals surface area (Å²) in [7, 11) is 3.87. The smallest absolute Gasteiger partial charge is 0.338 e. The van der Waals surface area contributed by atoms with Crippen molar-refractivity contribution in [2.24, 2.45) is 0 Å². The van der Waals surface area contributed by atoms with Crippen molar-refractivity contribution >= 4 is 23.4 Å². The predicted octanol–water partition coefficient (Wildman–Crippen LogP) is 1.69. The molecule has 138 valence electrons. The molecule has 2 aromatic rings. The summed E-state index contributed by atoms with van der Waals surface area (Å²) in [6.07, 6.45) is 2.90. The van der Waals surface area contributed by atoms with Gasteiger partial charge in [-0.3, -0.25) is 4.79 Å². The highest BCUT2D eigenvalue weighted by atomic mass is 16.5. The Hall–Kier alpha value is -3.00. The molecule has 1 amide bonds. The van der Waals surface area contributed by atoms with E-state index in [-0.39, 0.29) is 17.6 Å². The van der Waals surface area contributed by atoms with Crippen LogP contribution in [0.4, 0.5) is 11.5 Å². The van der Waals surface area contributed by atoms with Gasteiger partial charge in [-0.05, 0) is 45.3 Å². The molecule has 0 aliphatic rings. The van der Waals surface area contributed by atoms with Crippen molar-refractivity contribution in [3.63, 3.8) is 0 Å². The Morgan fingerprint density at radius 1 is 1.12 bits per heavy atom. The van der Waals surface area contributed by atoms with Gasteiger partial charge in [-0.2, -0.15) is 0 Å². The number of hydrogen-bond acceptors (Lipinski definition) is 7. The van der Waals surface area contributed by atoms with Gasteiger partial charge in [0.25, 0.3) is 5.91 Å². The van der Waals surface area contributed by atoms with E-state index in [1.165, 1.54) is 12.4 Å². The number of carbonyl (C=O) groups excluding carboxylic acids is 2. The van der Waals surface area contributed by atoms with Gasteiger partial charge in [-0.15, -0.1) is 0 Å². The quantitative estimate of drug-likeness (QED) is 0.694. The third-order valence-corrected chi connectivity index (χ3v) is 3.40. The van der Waals surface area contributed by atoms with Gasteiger partial charge in [-0.1, -0.05) is 0 Å². The summed E-state index contributed by atoms with van der Waals surface area (Å²) in [5.74, 6) is -0.119. The minimum absolute atomic E-state index is 0.256. The standard InChI is InChI=1S/C18H23N5O3/c1-4-26-18(25)13-5-7-14(8-6-13)22-16-12-20-15(11-21-16)17(24)19-9-10-23(2)3/h5-8,11-12H,4,9-10H2,1-3H3,(H,19,24)(H,21,22). The van der Waals surface area contributed by atoms with Crippen LogP contribution >= 0.6 is 0 Å². The molecule has 0 saturated carbocycles. The lowest BCUT2D eigenvalue weighted by atomic mass is 10.2. The van der Waals surface area contributed by atoms with Gasteiger partial charge in [0, 0.05) is 18.8 Å². The van der Waals surface area contributed by atoms with Gasteiger partial charge < -0.3 is 20.3 Å². The van der Waals surface area contributed by atoms with E-state index < -0.39 is 0 Å². The first-order chi connectivity index (χ1) is 12.5. The van der Waals surface area contributed by atoms with Crippen LogP contribution < -0.4 is 10.6 Å². The molecule has 0 atom stereocenters. The molecule has 26 heavy (non-hydrogen) atoms. The normalized spacial score (nSPS) is 10.5. The first kappa shape index (κ1) is 19.3. The van der Waals surface area contributed by atoms with Crippen LogP contribution in [0.2, 0.25) is 0 Å². The van der Waals surface area contributed by atoms with Crippen molar-refractivity contribution in [3.05, 3.63) is 47.9 Å². The molecule has 0 unspecified atom stereocenters. The SMILES string of the molecule is CCOC(=O)c1ccc(Nc2cnc(C(=O)NCCN(C)C)cn2)cc1. The number of rotatable bonds is 8. The molecule has 8 heteroatoms. The summed E-state index contributed by atoms with van der Waals surface area (Å²) in [6.45, 7) is 3.39. The lowest BCUT2D eigenvalue weighted by Gasteiger charge is -2.10. The first-order valence-electron chi connectivity index (χ1n) is 8.28. The fourth-order valence-corrected chi connectivity index (χ4v) is 2.05. The molecule has 2 rings (SSSR count). The van der Waals surface area contributed by atoms with Crippen molar-refractivity contribution in [1.29, 1.82) is 0 Å². The molecule has 0 saturated heterocycles. The fraction of sp³-hybridized carbons (Fsp3) is 0.333. The number of esters is 1. The number of hydrogen-bond donors (Lipinski definition) is 2. The van der Waals surface area contributed by atoms with Gasteiger partial charge in [-0.25, -0.2) is 14.8 Å². The minimum Gasteiger partial charge on any atom is -0.462 e. The van der Waals surface area contributed by atoms with Crippen molar-refractivity contribution < 1.29 is 14.3 Å². The van der Waals surface area contributed by atoms with Crippen LogP contribution in [-0.4, -0.2) is 60.5 Å². The molecule has 0 aliphatic heterocycles. The summed E-state index contributed by atoms with van der Waals surface area (Å²) in [6, 6.07) is 6.83. The minimum atomic E-state index is -0.358. The lowest BCUT2D eigenvalue weighted by molar-refractivity contribution is 0.0526. The molecule has 1 aromatic heterocycles. The Morgan fingerprint density at radius 2 is 1.85 bits per heavy atom. The van der Waals surface area contributed by atoms with E-state index >= 15 is 0 Å². The van der Waals surface area contributed by atoms with Crippen molar-refractivity contribution in [2.75, 3.05) is 39.1 Å². The zero-order chi connectivity index (χ0) is 18.9. The fourth-order valence-electron chi connectivity index (χ4n) is 2.05. The van der Waals surface area contributed by atoms with E-state index in [1.54, 1.807) is 31.2 Å². The number of amides is 1. The molecule has 0 spiro atoms. The van der Waals surface area contributed by atoms with Crippen LogP contribution in [0.1, 0.15) is 27.8 Å². The van der Waals surface area contributed by atoms with E-state index in [9.17, 15) is 9.59 Å². The first-order valence-corrected chi connectivity index (χ1v) is 8.28. The number of anilines is 2. The van der Waals surface area contributed by atoms with Crippen LogP contribution in [0.15, 0.2) is 36.7 Å². The number of nitrogens with one attached hydrogen (secondary N) is 2. The van der Waals surface area contributed by atoms with Crippen LogP contribution in [0.25, 0.3) is 0 Å². The summed E-state index contributed by atoms with van der Waals surface area (Å²) >= 11 is 0. The van der Waals surface area contributed by atoms with Crippen LogP contribution in [0.3, 0.4) is 0 Å². The van der Waals surface area contributed by atoms with Gasteiger partial charge in [0.2, 0.25) is 0 Å². The molecule has 2 N–H and O–H groups in total. The molecule has 0 bridgehead atoms. The summed E-state index contributed by atoms with van der Waals surface area (Å²) in [4.78, 5) is 33.9. The average molecular weight is 357 g/mol. The maximum absolute atomic E-state index is 12.0. The van der Waals surface area contributed by atoms with Crippen molar-refractivity contribution in [3.8, 4) is 0 Å². The summed E-state index contributed by atoms with van der Waals surface area (Å²) < 4.78 is 4.94. The molecular formula is C18H23N5O3. The average Bonchev–Trinajstić information content (AvgIpc) is 2.63. The second kappa shape index (κ2) is 9.47. The molecular weight excluding hydrogens is 334 g/mol. The topological polar surface area (TPSA) is 96.4 Å². The molecule has 1 heterocycles. The van der Waals surface area contributed by atoms with Crippen molar-refractivity contribution in [2.45, 2.75) is 6.92 Å². The van der Waals surface area contributed by atoms with Gasteiger partial charge in [0.05, 0.1) is 24.6 Å². The van der Waals surface area contributed by atoms with E-state index in [0.717, 1.165) is 12.2 Å². The van der Waals surface area contributed by atoms with Gasteiger partial charge in [0.1, 0.15) is 11.5 Å². The Labute approximate surface area is 152 Å². The molecule has 0 fully saturated rings. The lowest BCUT2D eigenvalue weighted by Crippen LogP contribution is -2.31. The number of aromatic nitrogens is 2. The maximum Gasteiger partial charge on any atom is 0.338 e. The van der Waals surface area contributed by atoms with Gasteiger partial charge in [0.15, 0.2) is 0 Å². The maximum atomic E-state index is 12.0. The van der Waals surface area contributed by atoms with Crippen LogP contribution in [0.5, 0.6) is 0 Å². The molecule has 8 nitrogen and oxygen atoms in total. The van der Waals surface area contributed by atoms with E-state index in [4.69, 9.17) is 4.74 Å². The highest BCUT2D eigenvalue weighted by Crippen LogP contribution is 2.15. The summed E-state index contributed by atoms with van der Waals surface area (Å²) in [5.41, 5.74) is 1.48. The van der Waals surface area contributed by atoms with Gasteiger partial charge >= 0.3 is 5.97 Å². The summed E-state index contributed by atoms with van der Waals surface area (Å²) in [5, 5.41) is 5.84. The third-order valence-electron chi connectivity index (χ3n) is 3.40. The van der Waals surface area contributed by atoms with Crippen LogP contribution in [-0.2, 0) is 4.74 Å². The largest absolute Gasteiger partial charge is 0.462 e. The molecule has 1 aromatic carbocycles. The third kappa shape index (κ3) is 5.82. The second-order valence-corrected chi connectivity index (χ2v) is 5.77. The second-order valence-electron chi connectivity index (χ2n) is 5.77. The Kier molecular flexibility index (Phi) is 7.04. The number of carbonyl (C=O) groups is 2. The van der Waals surface area contributed by atoms with E-state index in [0.29, 0.717) is 24.5 Å². The molecule has 0 radical (unpaired) electrons. The zero-order valence-electron chi connectivity index (χ0n) is 15.2. The van der Waals surface area contributed by atoms with Crippen LogP contribution in [0, 0.1) is 0 Å².